The molecule has 0 bridgehead atoms. The highest BCUT2D eigenvalue weighted by molar-refractivity contribution is 9.13. The van der Waals surface area contributed by atoms with Crippen molar-refractivity contribution in [1.82, 2.24) is 4.98 Å². The SMILES string of the molecule is CC(C)CC1SSSC(Cc2c[nH]c3ccccc23)SS1. The van der Waals surface area contributed by atoms with E-state index in [1.165, 1.54) is 22.9 Å². The first-order chi connectivity index (χ1) is 10.2. The van der Waals surface area contributed by atoms with Crippen molar-refractivity contribution in [3.8, 4) is 0 Å². The highest BCUT2D eigenvalue weighted by Crippen LogP contribution is 2.57. The number of aromatic nitrogens is 1. The highest BCUT2D eigenvalue weighted by Gasteiger charge is 2.23. The summed E-state index contributed by atoms with van der Waals surface area (Å²) in [6.45, 7) is 4.63. The molecule has 1 N–H and O–H groups in total. The smallest absolute Gasteiger partial charge is 0.0759 e. The summed E-state index contributed by atoms with van der Waals surface area (Å²) in [6, 6.07) is 8.61. The molecule has 2 unspecified atom stereocenters. The van der Waals surface area contributed by atoms with E-state index in [0.717, 1.165) is 16.9 Å². The third-order valence-electron chi connectivity index (χ3n) is 3.29. The van der Waals surface area contributed by atoms with Gasteiger partial charge in [0.25, 0.3) is 0 Å². The Morgan fingerprint density at radius 2 is 1.81 bits per heavy atom. The van der Waals surface area contributed by atoms with E-state index in [1.807, 2.05) is 31.4 Å². The van der Waals surface area contributed by atoms with Crippen molar-refractivity contribution in [2.45, 2.75) is 35.9 Å². The van der Waals surface area contributed by atoms with Crippen LogP contribution >= 0.6 is 53.0 Å². The Bertz CT molecular complexity index is 582. The van der Waals surface area contributed by atoms with Crippen LogP contribution < -0.4 is 0 Å². The van der Waals surface area contributed by atoms with Crippen molar-refractivity contribution in [1.29, 1.82) is 0 Å². The van der Waals surface area contributed by atoms with Crippen molar-refractivity contribution < 1.29 is 0 Å². The summed E-state index contributed by atoms with van der Waals surface area (Å²) in [4.78, 5) is 3.39. The normalized spacial score (nSPS) is 23.6. The molecule has 3 rings (SSSR count). The van der Waals surface area contributed by atoms with Crippen molar-refractivity contribution in [2.75, 3.05) is 0 Å². The summed E-state index contributed by atoms with van der Waals surface area (Å²) in [5.74, 6) is 0.784. The van der Waals surface area contributed by atoms with E-state index in [1.54, 1.807) is 0 Å². The number of hydrogen-bond acceptors (Lipinski definition) is 5. The number of benzene rings is 1. The van der Waals surface area contributed by atoms with Crippen molar-refractivity contribution in [2.24, 2.45) is 5.92 Å². The van der Waals surface area contributed by atoms with Crippen LogP contribution in [0.15, 0.2) is 30.5 Å². The minimum Gasteiger partial charge on any atom is -0.361 e. The van der Waals surface area contributed by atoms with E-state index >= 15 is 0 Å². The number of para-hydroxylation sites is 1. The largest absolute Gasteiger partial charge is 0.361 e. The van der Waals surface area contributed by atoms with E-state index in [0.29, 0.717) is 4.58 Å². The number of rotatable bonds is 4. The average Bonchev–Trinajstić information content (AvgIpc) is 2.74. The predicted octanol–water partition coefficient (Wildman–Crippen LogP) is 6.83. The fourth-order valence-corrected chi connectivity index (χ4v) is 13.6. The van der Waals surface area contributed by atoms with Crippen molar-refractivity contribution in [3.63, 3.8) is 0 Å². The first-order valence-corrected chi connectivity index (χ1v) is 13.0. The first kappa shape index (κ1) is 16.4. The molecule has 0 amide bonds. The van der Waals surface area contributed by atoms with Crippen molar-refractivity contribution >= 4 is 63.9 Å². The second-order valence-electron chi connectivity index (χ2n) is 5.51. The van der Waals surface area contributed by atoms with Gasteiger partial charge in [0.15, 0.2) is 0 Å². The van der Waals surface area contributed by atoms with E-state index < -0.39 is 0 Å². The van der Waals surface area contributed by atoms with Gasteiger partial charge in [-0.25, -0.2) is 0 Å². The Kier molecular flexibility index (Phi) is 6.13. The maximum absolute atomic E-state index is 3.39. The summed E-state index contributed by atoms with van der Waals surface area (Å²) in [5, 5.41) is 1.38. The maximum Gasteiger partial charge on any atom is 0.0759 e. The predicted molar refractivity (Wildman–Crippen MR) is 107 cm³/mol. The van der Waals surface area contributed by atoms with Crippen LogP contribution in [0.25, 0.3) is 10.9 Å². The van der Waals surface area contributed by atoms with Crippen LogP contribution in [0.1, 0.15) is 25.8 Å². The Morgan fingerprint density at radius 3 is 2.67 bits per heavy atom. The molecule has 0 aliphatic carbocycles. The molecule has 21 heavy (non-hydrogen) atoms. The first-order valence-electron chi connectivity index (χ1n) is 7.08. The quantitative estimate of drug-likeness (QED) is 0.589. The van der Waals surface area contributed by atoms with Gasteiger partial charge in [-0.1, -0.05) is 75.2 Å². The fraction of sp³-hybridized carbons (Fsp3) is 0.467. The lowest BCUT2D eigenvalue weighted by molar-refractivity contribution is 0.621. The van der Waals surface area contributed by atoms with Gasteiger partial charge in [0, 0.05) is 17.1 Å². The second-order valence-corrected chi connectivity index (χ2v) is 13.2. The van der Waals surface area contributed by atoms with Gasteiger partial charge >= 0.3 is 0 Å². The van der Waals surface area contributed by atoms with Crippen LogP contribution in [-0.2, 0) is 6.42 Å². The van der Waals surface area contributed by atoms with Crippen molar-refractivity contribution in [3.05, 3.63) is 36.0 Å². The Hall–Kier alpha value is 0.510. The molecule has 1 nitrogen and oxygen atoms in total. The lowest BCUT2D eigenvalue weighted by atomic mass is 10.1. The molecule has 1 aromatic carbocycles. The number of aromatic amines is 1. The van der Waals surface area contributed by atoms with Gasteiger partial charge in [-0.2, -0.15) is 0 Å². The standard InChI is InChI=1S/C15H19NS5/c1-10(2)7-14-17-18-15(20-21-19-14)8-11-9-16-13-6-4-3-5-12(11)13/h3-6,9-10,14-16H,7-8H2,1-2H3. The zero-order valence-electron chi connectivity index (χ0n) is 12.1. The van der Waals surface area contributed by atoms with Gasteiger partial charge in [-0.15, -0.1) is 0 Å². The molecule has 6 heteroatoms. The zero-order valence-corrected chi connectivity index (χ0v) is 16.2. The molecule has 1 fully saturated rings. The monoisotopic (exact) mass is 373 g/mol. The minimum absolute atomic E-state index is 0.629. The third-order valence-corrected chi connectivity index (χ3v) is 12.8. The van der Waals surface area contributed by atoms with Gasteiger partial charge in [0.05, 0.1) is 9.16 Å². The molecule has 0 radical (unpaired) electrons. The molecule has 114 valence electrons. The second kappa shape index (κ2) is 7.86. The van der Waals surface area contributed by atoms with E-state index in [4.69, 9.17) is 0 Å². The van der Waals surface area contributed by atoms with Gasteiger partial charge in [-0.3, -0.25) is 0 Å². The minimum atomic E-state index is 0.629. The molecule has 1 saturated heterocycles. The number of hydrogen-bond donors (Lipinski definition) is 1. The topological polar surface area (TPSA) is 15.8 Å². The fourth-order valence-electron chi connectivity index (χ4n) is 2.28. The number of H-pyrrole nitrogens is 1. The molecule has 1 aromatic heterocycles. The van der Waals surface area contributed by atoms with Crippen LogP contribution in [-0.4, -0.2) is 14.1 Å². The van der Waals surface area contributed by atoms with Crippen LogP contribution in [0.2, 0.25) is 0 Å². The molecule has 0 spiro atoms. The summed E-state index contributed by atoms with van der Waals surface area (Å²) in [6.07, 6.45) is 4.62. The van der Waals surface area contributed by atoms with E-state index in [2.05, 4.69) is 70.9 Å². The molecule has 0 saturated carbocycles. The van der Waals surface area contributed by atoms with Gasteiger partial charge < -0.3 is 4.98 Å². The Balaban J connectivity index is 1.63. The zero-order chi connectivity index (χ0) is 14.7. The molecular formula is C15H19NS5. The molecule has 1 aliphatic rings. The summed E-state index contributed by atoms with van der Waals surface area (Å²) in [5.41, 5.74) is 2.70. The Morgan fingerprint density at radius 1 is 1.05 bits per heavy atom. The maximum atomic E-state index is 3.39. The molecule has 1 aliphatic heterocycles. The average molecular weight is 374 g/mol. The molecule has 2 atom stereocenters. The van der Waals surface area contributed by atoms with Gasteiger partial charge in [0.2, 0.25) is 0 Å². The summed E-state index contributed by atoms with van der Waals surface area (Å²) in [7, 11) is 10.2. The van der Waals surface area contributed by atoms with Crippen LogP contribution in [0.4, 0.5) is 0 Å². The van der Waals surface area contributed by atoms with E-state index in [9.17, 15) is 0 Å². The summed E-state index contributed by atoms with van der Waals surface area (Å²) < 4.78 is 1.35. The summed E-state index contributed by atoms with van der Waals surface area (Å²) >= 11 is 0. The molecule has 2 heterocycles. The highest BCUT2D eigenvalue weighted by atomic mass is 33.5. The van der Waals surface area contributed by atoms with E-state index in [-0.39, 0.29) is 0 Å². The van der Waals surface area contributed by atoms with Gasteiger partial charge in [0.1, 0.15) is 0 Å². The van der Waals surface area contributed by atoms with Crippen LogP contribution in [0, 0.1) is 5.92 Å². The molecular weight excluding hydrogens is 355 g/mol. The molecule has 2 aromatic rings. The lowest BCUT2D eigenvalue weighted by Gasteiger charge is -2.14. The van der Waals surface area contributed by atoms with Crippen LogP contribution in [0.3, 0.4) is 0 Å². The Labute approximate surface area is 146 Å². The number of fused-ring (bicyclic) bond motifs is 1. The third kappa shape index (κ3) is 4.50. The number of nitrogens with one attached hydrogen (secondary N) is 1. The lowest BCUT2D eigenvalue weighted by Crippen LogP contribution is -2.00. The van der Waals surface area contributed by atoms with Gasteiger partial charge in [-0.05, 0) is 40.2 Å². The van der Waals surface area contributed by atoms with Crippen LogP contribution in [0.5, 0.6) is 0 Å².